The van der Waals surface area contributed by atoms with Crippen molar-refractivity contribution < 1.29 is 15.0 Å². The van der Waals surface area contributed by atoms with Gasteiger partial charge in [-0.2, -0.15) is 0 Å². The van der Waals surface area contributed by atoms with E-state index >= 15 is 0 Å². The standard InChI is InChI=1S/C12H13NO3/c1-8(14)7-13-6-5-9-3-2-4-10(11(9)13)12(15)16/h2-6,8,14H,7H2,1H3,(H,15,16). The molecule has 0 fully saturated rings. The van der Waals surface area contributed by atoms with Crippen LogP contribution in [0.25, 0.3) is 10.9 Å². The fraction of sp³-hybridized carbons (Fsp3) is 0.250. The third-order valence-electron chi connectivity index (χ3n) is 2.48. The predicted molar refractivity (Wildman–Crippen MR) is 60.6 cm³/mol. The number of aliphatic hydroxyl groups is 1. The van der Waals surface area contributed by atoms with E-state index in [1.165, 1.54) is 0 Å². The van der Waals surface area contributed by atoms with Gasteiger partial charge in [0.2, 0.25) is 0 Å². The van der Waals surface area contributed by atoms with Gasteiger partial charge in [-0.25, -0.2) is 4.79 Å². The number of hydrogen-bond donors (Lipinski definition) is 2. The van der Waals surface area contributed by atoms with Crippen LogP contribution in [0.2, 0.25) is 0 Å². The smallest absolute Gasteiger partial charge is 0.337 e. The molecule has 0 saturated heterocycles. The van der Waals surface area contributed by atoms with E-state index in [-0.39, 0.29) is 5.56 Å². The number of aromatic carboxylic acids is 1. The van der Waals surface area contributed by atoms with Gasteiger partial charge in [0.1, 0.15) is 0 Å². The number of para-hydroxylation sites is 1. The molecule has 1 atom stereocenters. The van der Waals surface area contributed by atoms with Gasteiger partial charge in [-0.05, 0) is 19.1 Å². The fourth-order valence-electron chi connectivity index (χ4n) is 1.87. The summed E-state index contributed by atoms with van der Waals surface area (Å²) in [7, 11) is 0. The Kier molecular flexibility index (Phi) is 2.66. The molecule has 0 aliphatic heterocycles. The number of nitrogens with zero attached hydrogens (tertiary/aromatic N) is 1. The number of carbonyl (C=O) groups is 1. The highest BCUT2D eigenvalue weighted by atomic mass is 16.4. The molecule has 0 spiro atoms. The van der Waals surface area contributed by atoms with Crippen LogP contribution in [0.15, 0.2) is 30.5 Å². The van der Waals surface area contributed by atoms with E-state index in [2.05, 4.69) is 0 Å². The molecule has 1 aromatic heterocycles. The number of hydrogen-bond acceptors (Lipinski definition) is 2. The van der Waals surface area contributed by atoms with Gasteiger partial charge >= 0.3 is 5.97 Å². The van der Waals surface area contributed by atoms with Gasteiger partial charge in [-0.15, -0.1) is 0 Å². The largest absolute Gasteiger partial charge is 0.478 e. The van der Waals surface area contributed by atoms with E-state index < -0.39 is 12.1 Å². The molecule has 0 amide bonds. The average molecular weight is 219 g/mol. The minimum atomic E-state index is -0.948. The molecule has 0 bridgehead atoms. The molecular weight excluding hydrogens is 206 g/mol. The van der Waals surface area contributed by atoms with Crippen LogP contribution in [0.3, 0.4) is 0 Å². The van der Waals surface area contributed by atoms with Gasteiger partial charge in [0, 0.05) is 18.1 Å². The summed E-state index contributed by atoms with van der Waals surface area (Å²) in [5.74, 6) is -0.948. The minimum Gasteiger partial charge on any atom is -0.478 e. The van der Waals surface area contributed by atoms with Crippen molar-refractivity contribution in [3.8, 4) is 0 Å². The monoisotopic (exact) mass is 219 g/mol. The first kappa shape index (κ1) is 10.7. The van der Waals surface area contributed by atoms with Gasteiger partial charge in [0.05, 0.1) is 17.2 Å². The van der Waals surface area contributed by atoms with Crippen LogP contribution < -0.4 is 0 Å². The van der Waals surface area contributed by atoms with Crippen LogP contribution in [0.5, 0.6) is 0 Å². The molecule has 1 heterocycles. The zero-order chi connectivity index (χ0) is 11.7. The Morgan fingerprint density at radius 2 is 2.19 bits per heavy atom. The van der Waals surface area contributed by atoms with E-state index in [1.54, 1.807) is 29.8 Å². The van der Waals surface area contributed by atoms with Crippen molar-refractivity contribution in [2.45, 2.75) is 19.6 Å². The molecule has 1 unspecified atom stereocenters. The molecule has 4 heteroatoms. The van der Waals surface area contributed by atoms with Gasteiger partial charge in [-0.1, -0.05) is 12.1 Å². The van der Waals surface area contributed by atoms with Crippen LogP contribution in [-0.4, -0.2) is 26.9 Å². The van der Waals surface area contributed by atoms with E-state index in [1.807, 2.05) is 12.1 Å². The number of fused-ring (bicyclic) bond motifs is 1. The Balaban J connectivity index is 2.63. The molecule has 16 heavy (non-hydrogen) atoms. The first-order chi connectivity index (χ1) is 7.59. The third-order valence-corrected chi connectivity index (χ3v) is 2.48. The highest BCUT2D eigenvalue weighted by Crippen LogP contribution is 2.20. The summed E-state index contributed by atoms with van der Waals surface area (Å²) in [5, 5.41) is 19.3. The quantitative estimate of drug-likeness (QED) is 0.826. The normalized spacial score (nSPS) is 12.9. The molecular formula is C12H13NO3. The SMILES string of the molecule is CC(O)Cn1ccc2cccc(C(=O)O)c21. The fourth-order valence-corrected chi connectivity index (χ4v) is 1.87. The van der Waals surface area contributed by atoms with Crippen molar-refractivity contribution in [3.05, 3.63) is 36.0 Å². The minimum absolute atomic E-state index is 0.267. The van der Waals surface area contributed by atoms with Crippen LogP contribution in [0.4, 0.5) is 0 Å². The maximum absolute atomic E-state index is 11.1. The molecule has 84 valence electrons. The van der Waals surface area contributed by atoms with Crippen molar-refractivity contribution >= 4 is 16.9 Å². The molecule has 0 aliphatic rings. The van der Waals surface area contributed by atoms with E-state index in [0.717, 1.165) is 5.39 Å². The van der Waals surface area contributed by atoms with E-state index in [4.69, 9.17) is 5.11 Å². The summed E-state index contributed by atoms with van der Waals surface area (Å²) < 4.78 is 1.77. The lowest BCUT2D eigenvalue weighted by molar-refractivity contribution is 0.0698. The van der Waals surface area contributed by atoms with Crippen molar-refractivity contribution in [1.29, 1.82) is 0 Å². The Morgan fingerprint density at radius 1 is 1.44 bits per heavy atom. The summed E-state index contributed by atoms with van der Waals surface area (Å²) in [4.78, 5) is 11.1. The van der Waals surface area contributed by atoms with Crippen molar-refractivity contribution in [2.75, 3.05) is 0 Å². The van der Waals surface area contributed by atoms with Crippen LogP contribution in [0, 0.1) is 0 Å². The molecule has 2 rings (SSSR count). The van der Waals surface area contributed by atoms with Crippen molar-refractivity contribution in [3.63, 3.8) is 0 Å². The van der Waals surface area contributed by atoms with Crippen LogP contribution in [0.1, 0.15) is 17.3 Å². The molecule has 0 saturated carbocycles. The van der Waals surface area contributed by atoms with Crippen LogP contribution >= 0.6 is 0 Å². The number of rotatable bonds is 3. The zero-order valence-corrected chi connectivity index (χ0v) is 8.92. The lowest BCUT2D eigenvalue weighted by Gasteiger charge is -2.09. The van der Waals surface area contributed by atoms with Gasteiger partial charge in [0.25, 0.3) is 0 Å². The lowest BCUT2D eigenvalue weighted by Crippen LogP contribution is -2.12. The number of benzene rings is 1. The topological polar surface area (TPSA) is 62.5 Å². The first-order valence-corrected chi connectivity index (χ1v) is 5.09. The second-order valence-corrected chi connectivity index (χ2v) is 3.87. The molecule has 2 aromatic rings. The molecule has 0 aliphatic carbocycles. The maximum Gasteiger partial charge on any atom is 0.337 e. The second kappa shape index (κ2) is 3.98. The lowest BCUT2D eigenvalue weighted by atomic mass is 10.1. The number of carboxylic acids is 1. The number of aliphatic hydroxyl groups excluding tert-OH is 1. The Labute approximate surface area is 92.7 Å². The zero-order valence-electron chi connectivity index (χ0n) is 8.92. The van der Waals surface area contributed by atoms with Gasteiger partial charge in [0.15, 0.2) is 0 Å². The van der Waals surface area contributed by atoms with Crippen LogP contribution in [-0.2, 0) is 6.54 Å². The maximum atomic E-state index is 11.1. The molecule has 1 aromatic carbocycles. The highest BCUT2D eigenvalue weighted by molar-refractivity contribution is 6.02. The van der Waals surface area contributed by atoms with E-state index in [0.29, 0.717) is 12.1 Å². The summed E-state index contributed by atoms with van der Waals surface area (Å²) in [5.41, 5.74) is 0.930. The van der Waals surface area contributed by atoms with Crippen molar-refractivity contribution in [1.82, 2.24) is 4.57 Å². The third kappa shape index (κ3) is 1.79. The Hall–Kier alpha value is -1.81. The summed E-state index contributed by atoms with van der Waals surface area (Å²) in [6, 6.07) is 7.01. The highest BCUT2D eigenvalue weighted by Gasteiger charge is 2.12. The predicted octanol–water partition coefficient (Wildman–Crippen LogP) is 1.72. The van der Waals surface area contributed by atoms with E-state index in [9.17, 15) is 9.90 Å². The molecule has 4 nitrogen and oxygen atoms in total. The Bertz CT molecular complexity index is 528. The summed E-state index contributed by atoms with van der Waals surface area (Å²) in [6.07, 6.45) is 1.29. The Morgan fingerprint density at radius 3 is 2.81 bits per heavy atom. The molecule has 0 radical (unpaired) electrons. The van der Waals surface area contributed by atoms with Crippen molar-refractivity contribution in [2.24, 2.45) is 0 Å². The summed E-state index contributed by atoms with van der Waals surface area (Å²) >= 11 is 0. The number of aromatic nitrogens is 1. The average Bonchev–Trinajstić information content (AvgIpc) is 2.60. The summed E-state index contributed by atoms with van der Waals surface area (Å²) in [6.45, 7) is 2.07. The second-order valence-electron chi connectivity index (χ2n) is 3.87. The van der Waals surface area contributed by atoms with Gasteiger partial charge < -0.3 is 14.8 Å². The molecule has 2 N–H and O–H groups in total. The van der Waals surface area contributed by atoms with Gasteiger partial charge in [-0.3, -0.25) is 0 Å². The first-order valence-electron chi connectivity index (χ1n) is 5.09. The number of carboxylic acid groups (broad SMARTS) is 1.